The minimum atomic E-state index is 1.02. The van der Waals surface area contributed by atoms with Crippen LogP contribution in [-0.2, 0) is 0 Å². The van der Waals surface area contributed by atoms with Crippen LogP contribution in [0.5, 0.6) is 0 Å². The third-order valence-electron chi connectivity index (χ3n) is 2.92. The van der Waals surface area contributed by atoms with E-state index < -0.39 is 0 Å². The van der Waals surface area contributed by atoms with Crippen molar-refractivity contribution in [1.29, 1.82) is 0 Å². The first-order valence-corrected chi connectivity index (χ1v) is 6.71. The van der Waals surface area contributed by atoms with Crippen LogP contribution in [0.3, 0.4) is 0 Å². The summed E-state index contributed by atoms with van der Waals surface area (Å²) >= 11 is 0. The number of nitrogens with one attached hydrogen (secondary N) is 1. The minimum Gasteiger partial charge on any atom is -0.356 e. The van der Waals surface area contributed by atoms with E-state index in [1.807, 2.05) is 31.2 Å². The summed E-state index contributed by atoms with van der Waals surface area (Å²) in [7, 11) is 0. The van der Waals surface area contributed by atoms with E-state index in [0.29, 0.717) is 0 Å². The highest BCUT2D eigenvalue weighted by Crippen LogP contribution is 2.21. The monoisotopic (exact) mass is 261 g/mol. The van der Waals surface area contributed by atoms with E-state index in [9.17, 15) is 0 Å². The molecule has 0 fully saturated rings. The Kier molecular flexibility index (Phi) is 4.96. The highest BCUT2D eigenvalue weighted by molar-refractivity contribution is 5.66. The fraction of sp³-hybridized carbons (Fsp3) is 0.0526. The van der Waals surface area contributed by atoms with E-state index >= 15 is 0 Å². The molecule has 0 unspecified atom stereocenters. The Morgan fingerprint density at radius 3 is 2.20 bits per heavy atom. The van der Waals surface area contributed by atoms with Gasteiger partial charge in [0, 0.05) is 11.4 Å². The fourth-order valence-electron chi connectivity index (χ4n) is 1.99. The molecule has 0 amide bonds. The second-order valence-electron chi connectivity index (χ2n) is 4.43. The molecule has 20 heavy (non-hydrogen) atoms. The Labute approximate surface area is 121 Å². The van der Waals surface area contributed by atoms with Gasteiger partial charge in [-0.1, -0.05) is 61.2 Å². The van der Waals surface area contributed by atoms with Gasteiger partial charge in [-0.3, -0.25) is 0 Å². The normalized spacial score (nSPS) is 11.6. The maximum absolute atomic E-state index is 3.73. The quantitative estimate of drug-likeness (QED) is 0.709. The Morgan fingerprint density at radius 1 is 0.950 bits per heavy atom. The minimum absolute atomic E-state index is 1.02. The van der Waals surface area contributed by atoms with E-state index in [1.165, 1.54) is 11.1 Å². The van der Waals surface area contributed by atoms with Gasteiger partial charge >= 0.3 is 0 Å². The van der Waals surface area contributed by atoms with Crippen LogP contribution in [0.4, 0.5) is 5.69 Å². The third-order valence-corrected chi connectivity index (χ3v) is 2.92. The molecule has 0 spiro atoms. The molecule has 0 radical (unpaired) electrons. The Hall–Kier alpha value is -2.54. The van der Waals surface area contributed by atoms with Gasteiger partial charge in [0.25, 0.3) is 0 Å². The lowest BCUT2D eigenvalue weighted by Crippen LogP contribution is -1.96. The van der Waals surface area contributed by atoms with Gasteiger partial charge in [0.15, 0.2) is 0 Å². The molecular weight excluding hydrogens is 242 g/mol. The van der Waals surface area contributed by atoms with Gasteiger partial charge in [-0.15, -0.1) is 0 Å². The van der Waals surface area contributed by atoms with Crippen LogP contribution >= 0.6 is 0 Å². The molecular formula is C19H19N. The molecule has 1 nitrogen and oxygen atoms in total. The van der Waals surface area contributed by atoms with Crippen LogP contribution in [0, 0.1) is 0 Å². The Balaban J connectivity index is 2.16. The average molecular weight is 261 g/mol. The second kappa shape index (κ2) is 7.15. The number of allylic oxidation sites excluding steroid dienone is 4. The van der Waals surface area contributed by atoms with E-state index in [2.05, 4.69) is 60.4 Å². The van der Waals surface area contributed by atoms with Gasteiger partial charge in [0.05, 0.1) is 0 Å². The van der Waals surface area contributed by atoms with Crippen LogP contribution in [0.15, 0.2) is 91.2 Å². The first-order valence-electron chi connectivity index (χ1n) is 6.71. The summed E-state index contributed by atoms with van der Waals surface area (Å²) in [5.74, 6) is 0. The molecule has 1 heteroatoms. The summed E-state index contributed by atoms with van der Waals surface area (Å²) in [6.07, 6.45) is 7.75. The smallest absolute Gasteiger partial charge is 0.0384 e. The highest BCUT2D eigenvalue weighted by Gasteiger charge is 1.98. The van der Waals surface area contributed by atoms with Crippen molar-refractivity contribution in [2.45, 2.75) is 6.92 Å². The molecule has 0 bridgehead atoms. The molecule has 100 valence electrons. The number of hydrogen-bond acceptors (Lipinski definition) is 1. The van der Waals surface area contributed by atoms with Gasteiger partial charge in [-0.25, -0.2) is 0 Å². The average Bonchev–Trinajstić information content (AvgIpc) is 2.49. The summed E-state index contributed by atoms with van der Waals surface area (Å²) in [4.78, 5) is 0. The SMILES string of the molecule is C=C/C=C(\C=C/C)Nc1ccc(-c2ccccc2)cc1. The van der Waals surface area contributed by atoms with Crippen molar-refractivity contribution >= 4 is 5.69 Å². The lowest BCUT2D eigenvalue weighted by atomic mass is 10.1. The van der Waals surface area contributed by atoms with Crippen molar-refractivity contribution in [2.75, 3.05) is 5.32 Å². The molecule has 2 aromatic rings. The number of rotatable bonds is 5. The van der Waals surface area contributed by atoms with E-state index in [1.54, 1.807) is 6.08 Å². The van der Waals surface area contributed by atoms with Crippen LogP contribution in [-0.4, -0.2) is 0 Å². The van der Waals surface area contributed by atoms with Crippen molar-refractivity contribution in [3.05, 3.63) is 91.2 Å². The van der Waals surface area contributed by atoms with Crippen LogP contribution in [0.2, 0.25) is 0 Å². The van der Waals surface area contributed by atoms with Crippen LogP contribution in [0.25, 0.3) is 11.1 Å². The Bertz CT molecular complexity index is 604. The molecule has 1 N–H and O–H groups in total. The maximum atomic E-state index is 3.73. The molecule has 0 saturated carbocycles. The van der Waals surface area contributed by atoms with Crippen molar-refractivity contribution < 1.29 is 0 Å². The van der Waals surface area contributed by atoms with Gasteiger partial charge in [-0.05, 0) is 42.3 Å². The first kappa shape index (κ1) is 13.9. The van der Waals surface area contributed by atoms with E-state index in [0.717, 1.165) is 11.4 Å². The molecule has 0 atom stereocenters. The molecule has 0 aromatic heterocycles. The number of hydrogen-bond donors (Lipinski definition) is 1. The maximum Gasteiger partial charge on any atom is 0.0384 e. The van der Waals surface area contributed by atoms with E-state index in [4.69, 9.17) is 0 Å². The van der Waals surface area contributed by atoms with Gasteiger partial charge in [0.1, 0.15) is 0 Å². The van der Waals surface area contributed by atoms with Crippen molar-refractivity contribution in [3.8, 4) is 11.1 Å². The lowest BCUT2D eigenvalue weighted by molar-refractivity contribution is 1.46. The van der Waals surface area contributed by atoms with Crippen molar-refractivity contribution in [2.24, 2.45) is 0 Å². The Morgan fingerprint density at radius 2 is 1.60 bits per heavy atom. The summed E-state index contributed by atoms with van der Waals surface area (Å²) < 4.78 is 0. The zero-order chi connectivity index (χ0) is 14.2. The molecule has 0 aliphatic heterocycles. The van der Waals surface area contributed by atoms with E-state index in [-0.39, 0.29) is 0 Å². The zero-order valence-electron chi connectivity index (χ0n) is 11.7. The predicted molar refractivity (Wildman–Crippen MR) is 88.6 cm³/mol. The van der Waals surface area contributed by atoms with Gasteiger partial charge in [0.2, 0.25) is 0 Å². The second-order valence-corrected chi connectivity index (χ2v) is 4.43. The highest BCUT2D eigenvalue weighted by atomic mass is 14.9. The molecule has 0 heterocycles. The van der Waals surface area contributed by atoms with Crippen LogP contribution in [0.1, 0.15) is 6.92 Å². The lowest BCUT2D eigenvalue weighted by Gasteiger charge is -2.08. The van der Waals surface area contributed by atoms with Gasteiger partial charge < -0.3 is 5.32 Å². The summed E-state index contributed by atoms with van der Waals surface area (Å²) in [6.45, 7) is 5.72. The van der Waals surface area contributed by atoms with Crippen LogP contribution < -0.4 is 5.32 Å². The summed E-state index contributed by atoms with van der Waals surface area (Å²) in [5, 5.41) is 3.36. The predicted octanol–water partition coefficient (Wildman–Crippen LogP) is 5.41. The third kappa shape index (κ3) is 3.72. The van der Waals surface area contributed by atoms with Crippen molar-refractivity contribution in [1.82, 2.24) is 0 Å². The number of anilines is 1. The molecule has 0 saturated heterocycles. The zero-order valence-corrected chi connectivity index (χ0v) is 11.7. The molecule has 0 aliphatic rings. The molecule has 0 aliphatic carbocycles. The standard InChI is InChI=1S/C19H19N/c1-3-8-18(9-4-2)20-19-14-12-17(13-15-19)16-10-6-5-7-11-16/h3-15,20H,1H2,2H3/b9-4-,18-8+. The molecule has 2 rings (SSSR count). The summed E-state index contributed by atoms with van der Waals surface area (Å²) in [5.41, 5.74) is 4.54. The fourth-order valence-corrected chi connectivity index (χ4v) is 1.99. The van der Waals surface area contributed by atoms with Gasteiger partial charge in [-0.2, -0.15) is 0 Å². The largest absolute Gasteiger partial charge is 0.356 e. The van der Waals surface area contributed by atoms with Crippen molar-refractivity contribution in [3.63, 3.8) is 0 Å². The number of benzene rings is 2. The topological polar surface area (TPSA) is 12.0 Å². The summed E-state index contributed by atoms with van der Waals surface area (Å²) in [6, 6.07) is 18.8. The molecule has 2 aromatic carbocycles. The first-order chi connectivity index (χ1) is 9.83.